The van der Waals surface area contributed by atoms with E-state index >= 15 is 0 Å². The van der Waals surface area contributed by atoms with E-state index in [9.17, 15) is 9.90 Å². The number of phenolic OH excluding ortho intramolecular Hbond substituents is 1. The highest BCUT2D eigenvalue weighted by molar-refractivity contribution is 9.10. The summed E-state index contributed by atoms with van der Waals surface area (Å²) in [4.78, 5) is 16.9. The number of methoxy groups -OCH3 is 1. The van der Waals surface area contributed by atoms with Crippen LogP contribution >= 0.6 is 39.3 Å². The monoisotopic (exact) mass is 438 g/mol. The Morgan fingerprint density at radius 1 is 1.36 bits per heavy atom. The molecule has 25 heavy (non-hydrogen) atoms. The number of hydrogen-bond acceptors (Lipinski definition) is 5. The van der Waals surface area contributed by atoms with E-state index in [2.05, 4.69) is 26.2 Å². The molecule has 0 aromatic heterocycles. The first-order valence-electron chi connectivity index (χ1n) is 7.08. The van der Waals surface area contributed by atoms with Crippen LogP contribution in [0.5, 0.6) is 11.5 Å². The molecule has 128 valence electrons. The van der Waals surface area contributed by atoms with Crippen molar-refractivity contribution >= 4 is 62.1 Å². The normalized spacial score (nSPS) is 17.2. The minimum absolute atomic E-state index is 0.0388. The van der Waals surface area contributed by atoms with Crippen LogP contribution in [-0.4, -0.2) is 23.3 Å². The number of phenols is 1. The molecular formula is C17H12BrClN2O3S. The Morgan fingerprint density at radius 3 is 2.84 bits per heavy atom. The van der Waals surface area contributed by atoms with Gasteiger partial charge in [-0.25, -0.2) is 4.99 Å². The third kappa shape index (κ3) is 4.00. The van der Waals surface area contributed by atoms with Crippen LogP contribution < -0.4 is 10.1 Å². The molecule has 2 aromatic carbocycles. The van der Waals surface area contributed by atoms with Crippen LogP contribution in [0.4, 0.5) is 5.69 Å². The number of para-hydroxylation sites is 1. The fourth-order valence-corrected chi connectivity index (χ4v) is 3.59. The average Bonchev–Trinajstić information content (AvgIpc) is 2.92. The Labute approximate surface area is 161 Å². The topological polar surface area (TPSA) is 70.9 Å². The predicted octanol–water partition coefficient (Wildman–Crippen LogP) is 4.71. The van der Waals surface area contributed by atoms with E-state index in [-0.39, 0.29) is 11.7 Å². The second kappa shape index (κ2) is 7.51. The zero-order valence-corrected chi connectivity index (χ0v) is 16.1. The molecular weight excluding hydrogens is 428 g/mol. The highest BCUT2D eigenvalue weighted by atomic mass is 79.9. The molecule has 5 nitrogen and oxygen atoms in total. The molecule has 1 amide bonds. The van der Waals surface area contributed by atoms with E-state index < -0.39 is 0 Å². The summed E-state index contributed by atoms with van der Waals surface area (Å²) in [6, 6.07) is 10.4. The lowest BCUT2D eigenvalue weighted by Gasteiger charge is -2.07. The maximum absolute atomic E-state index is 12.2. The van der Waals surface area contributed by atoms with Gasteiger partial charge >= 0.3 is 0 Å². The molecule has 0 aliphatic carbocycles. The molecule has 1 heterocycles. The van der Waals surface area contributed by atoms with Crippen LogP contribution in [0.1, 0.15) is 5.56 Å². The fraction of sp³-hybridized carbons (Fsp3) is 0.0588. The first kappa shape index (κ1) is 17.8. The van der Waals surface area contributed by atoms with E-state index in [1.165, 1.54) is 18.9 Å². The highest BCUT2D eigenvalue weighted by Crippen LogP contribution is 2.37. The van der Waals surface area contributed by atoms with Gasteiger partial charge in [-0.3, -0.25) is 4.79 Å². The van der Waals surface area contributed by atoms with Crippen LogP contribution in [0.25, 0.3) is 6.08 Å². The quantitative estimate of drug-likeness (QED) is 0.680. The molecule has 1 fully saturated rings. The second-order valence-corrected chi connectivity index (χ2v) is 7.33. The predicted molar refractivity (Wildman–Crippen MR) is 105 cm³/mol. The Kier molecular flexibility index (Phi) is 5.36. The van der Waals surface area contributed by atoms with Gasteiger partial charge in [-0.2, -0.15) is 0 Å². The number of ether oxygens (including phenoxy) is 1. The van der Waals surface area contributed by atoms with Crippen LogP contribution in [0.3, 0.4) is 0 Å². The Hall–Kier alpha value is -1.96. The number of amidine groups is 1. The first-order chi connectivity index (χ1) is 12.0. The summed E-state index contributed by atoms with van der Waals surface area (Å²) >= 11 is 10.6. The smallest absolute Gasteiger partial charge is 0.264 e. The van der Waals surface area contributed by atoms with E-state index in [4.69, 9.17) is 16.3 Å². The molecule has 2 aromatic rings. The van der Waals surface area contributed by atoms with Crippen molar-refractivity contribution < 1.29 is 14.6 Å². The van der Waals surface area contributed by atoms with Crippen LogP contribution in [0, 0.1) is 0 Å². The number of thioether (sulfide) groups is 1. The van der Waals surface area contributed by atoms with Crippen molar-refractivity contribution in [1.29, 1.82) is 0 Å². The van der Waals surface area contributed by atoms with Gasteiger partial charge in [0.1, 0.15) is 0 Å². The standard InChI is InChI=1S/C17H12BrClN2O3S/c1-24-13-8-10(18)6-9(15(13)22)7-14-16(23)21-17(25-14)20-12-5-3-2-4-11(12)19/h2-8,22H,1H3,(H,20,21,23)/b14-7-. The summed E-state index contributed by atoms with van der Waals surface area (Å²) in [6.07, 6.45) is 1.58. The molecule has 0 saturated carbocycles. The molecule has 0 atom stereocenters. The molecule has 2 N–H and O–H groups in total. The number of aliphatic imine (C=N–C) groups is 1. The molecule has 0 bridgehead atoms. The van der Waals surface area contributed by atoms with Gasteiger partial charge < -0.3 is 15.2 Å². The highest BCUT2D eigenvalue weighted by Gasteiger charge is 2.25. The molecule has 8 heteroatoms. The van der Waals surface area contributed by atoms with Crippen LogP contribution in [-0.2, 0) is 4.79 Å². The zero-order valence-electron chi connectivity index (χ0n) is 12.9. The van der Waals surface area contributed by atoms with E-state index in [1.807, 2.05) is 6.07 Å². The van der Waals surface area contributed by atoms with Gasteiger partial charge in [0.15, 0.2) is 16.7 Å². The Balaban J connectivity index is 1.93. The zero-order chi connectivity index (χ0) is 18.0. The lowest BCUT2D eigenvalue weighted by molar-refractivity contribution is -0.115. The molecule has 1 saturated heterocycles. The third-order valence-electron chi connectivity index (χ3n) is 3.30. The third-order valence-corrected chi connectivity index (χ3v) is 4.99. The minimum atomic E-state index is -0.297. The Morgan fingerprint density at radius 2 is 2.12 bits per heavy atom. The summed E-state index contributed by atoms with van der Waals surface area (Å²) in [6.45, 7) is 0. The van der Waals surface area contributed by atoms with Gasteiger partial charge in [0.2, 0.25) is 0 Å². The number of rotatable bonds is 3. The van der Waals surface area contributed by atoms with Gasteiger partial charge in [-0.05, 0) is 42.1 Å². The lowest BCUT2D eigenvalue weighted by Crippen LogP contribution is -2.19. The average molecular weight is 440 g/mol. The van der Waals surface area contributed by atoms with Crippen molar-refractivity contribution in [3.05, 3.63) is 56.4 Å². The van der Waals surface area contributed by atoms with Gasteiger partial charge in [0, 0.05) is 10.0 Å². The molecule has 0 radical (unpaired) electrons. The van der Waals surface area contributed by atoms with Crippen molar-refractivity contribution in [1.82, 2.24) is 5.32 Å². The van der Waals surface area contributed by atoms with E-state index in [0.717, 1.165) is 4.47 Å². The number of carbonyl (C=O) groups is 1. The van der Waals surface area contributed by atoms with Gasteiger partial charge in [-0.15, -0.1) is 0 Å². The lowest BCUT2D eigenvalue weighted by atomic mass is 10.1. The van der Waals surface area contributed by atoms with E-state index in [1.54, 1.807) is 36.4 Å². The summed E-state index contributed by atoms with van der Waals surface area (Å²) in [7, 11) is 1.46. The van der Waals surface area contributed by atoms with Crippen molar-refractivity contribution in [3.8, 4) is 11.5 Å². The molecule has 1 aliphatic heterocycles. The number of carbonyl (C=O) groups excluding carboxylic acids is 1. The summed E-state index contributed by atoms with van der Waals surface area (Å²) in [5.74, 6) is -0.0215. The molecule has 0 unspecified atom stereocenters. The SMILES string of the molecule is COc1cc(Br)cc(/C=C2\SC(=Nc3ccccc3Cl)NC2=O)c1O. The van der Waals surface area contributed by atoms with Crippen molar-refractivity contribution in [2.24, 2.45) is 4.99 Å². The number of aromatic hydroxyl groups is 1. The number of nitrogens with zero attached hydrogens (tertiary/aromatic N) is 1. The maximum Gasteiger partial charge on any atom is 0.264 e. The van der Waals surface area contributed by atoms with Crippen molar-refractivity contribution in [2.45, 2.75) is 0 Å². The number of nitrogens with one attached hydrogen (secondary N) is 1. The van der Waals surface area contributed by atoms with Gasteiger partial charge in [0.25, 0.3) is 5.91 Å². The number of amides is 1. The van der Waals surface area contributed by atoms with Crippen LogP contribution in [0.15, 0.2) is 50.8 Å². The minimum Gasteiger partial charge on any atom is -0.504 e. The molecule has 0 spiro atoms. The Bertz CT molecular complexity index is 915. The largest absolute Gasteiger partial charge is 0.504 e. The number of hydrogen-bond donors (Lipinski definition) is 2. The maximum atomic E-state index is 12.2. The summed E-state index contributed by atoms with van der Waals surface area (Å²) in [5, 5.41) is 13.8. The van der Waals surface area contributed by atoms with Crippen molar-refractivity contribution in [2.75, 3.05) is 7.11 Å². The van der Waals surface area contributed by atoms with Crippen LogP contribution in [0.2, 0.25) is 5.02 Å². The molecule has 3 rings (SSSR count). The van der Waals surface area contributed by atoms with Gasteiger partial charge in [0.05, 0.1) is 22.7 Å². The second-order valence-electron chi connectivity index (χ2n) is 4.98. The fourth-order valence-electron chi connectivity index (χ4n) is 2.13. The first-order valence-corrected chi connectivity index (χ1v) is 9.07. The van der Waals surface area contributed by atoms with E-state index in [0.29, 0.717) is 32.1 Å². The van der Waals surface area contributed by atoms with Gasteiger partial charge in [-0.1, -0.05) is 39.7 Å². The number of benzene rings is 2. The molecule has 1 aliphatic rings. The summed E-state index contributed by atoms with van der Waals surface area (Å²) < 4.78 is 5.84. The number of halogens is 2. The van der Waals surface area contributed by atoms with Crippen molar-refractivity contribution in [3.63, 3.8) is 0 Å². The summed E-state index contributed by atoms with van der Waals surface area (Å²) in [5.41, 5.74) is 1.03.